The number of hydrogen-bond acceptors (Lipinski definition) is 4. The minimum absolute atomic E-state index is 0.414. The number of anilines is 1. The Morgan fingerprint density at radius 2 is 2.00 bits per heavy atom. The maximum atomic E-state index is 5.61. The lowest BCUT2D eigenvalue weighted by Crippen LogP contribution is -2.40. The van der Waals surface area contributed by atoms with Crippen LogP contribution in [-0.2, 0) is 0 Å². The van der Waals surface area contributed by atoms with E-state index in [0.29, 0.717) is 11.0 Å². The lowest BCUT2D eigenvalue weighted by molar-refractivity contribution is 0.175. The zero-order valence-corrected chi connectivity index (χ0v) is 12.6. The molecule has 0 amide bonds. The third-order valence-corrected chi connectivity index (χ3v) is 4.66. The van der Waals surface area contributed by atoms with Crippen LogP contribution in [0, 0.1) is 0 Å². The maximum Gasteiger partial charge on any atom is 0.128 e. The number of thiocarbonyl (C=S) groups is 1. The van der Waals surface area contributed by atoms with Gasteiger partial charge in [0.15, 0.2) is 0 Å². The molecule has 0 saturated carbocycles. The Labute approximate surface area is 126 Å². The molecule has 2 fully saturated rings. The molecule has 3 heterocycles. The van der Waals surface area contributed by atoms with E-state index in [0.717, 1.165) is 24.5 Å². The Morgan fingerprint density at radius 1 is 1.20 bits per heavy atom. The molecule has 1 aromatic heterocycles. The molecule has 3 rings (SSSR count). The molecule has 2 aliphatic heterocycles. The topological polar surface area (TPSA) is 45.4 Å². The number of hydrogen-bond donors (Lipinski definition) is 1. The highest BCUT2D eigenvalue weighted by molar-refractivity contribution is 7.80. The first-order valence-electron chi connectivity index (χ1n) is 7.49. The molecule has 1 aromatic rings. The van der Waals surface area contributed by atoms with E-state index in [1.165, 1.54) is 38.8 Å². The van der Waals surface area contributed by atoms with Crippen molar-refractivity contribution in [2.45, 2.75) is 31.7 Å². The number of pyridine rings is 1. The molecule has 2 N–H and O–H groups in total. The van der Waals surface area contributed by atoms with Crippen LogP contribution < -0.4 is 10.6 Å². The van der Waals surface area contributed by atoms with Crippen LogP contribution in [0.25, 0.3) is 0 Å². The summed E-state index contributed by atoms with van der Waals surface area (Å²) in [6, 6.07) is 4.71. The minimum atomic E-state index is 0.414. The Bertz CT molecular complexity index is 467. The third-order valence-electron chi connectivity index (χ3n) is 4.43. The summed E-state index contributed by atoms with van der Waals surface area (Å²) in [7, 11) is 0. The second-order valence-electron chi connectivity index (χ2n) is 5.75. The summed E-state index contributed by atoms with van der Waals surface area (Å²) in [6.07, 6.45) is 7.15. The molecule has 2 aliphatic rings. The largest absolute Gasteiger partial charge is 0.389 e. The lowest BCUT2D eigenvalue weighted by Gasteiger charge is -2.32. The Balaban J connectivity index is 1.62. The van der Waals surface area contributed by atoms with Gasteiger partial charge in [0, 0.05) is 30.9 Å². The summed E-state index contributed by atoms with van der Waals surface area (Å²) >= 11 is 4.96. The highest BCUT2D eigenvalue weighted by Crippen LogP contribution is 2.23. The molecule has 0 radical (unpaired) electrons. The summed E-state index contributed by atoms with van der Waals surface area (Å²) in [5.41, 5.74) is 6.45. The van der Waals surface area contributed by atoms with Crippen LogP contribution >= 0.6 is 12.2 Å². The van der Waals surface area contributed by atoms with Crippen LogP contribution in [0.3, 0.4) is 0 Å². The molecule has 0 aliphatic carbocycles. The second kappa shape index (κ2) is 6.06. The number of nitrogens with two attached hydrogens (primary N) is 1. The molecule has 0 aromatic carbocycles. The highest BCUT2D eigenvalue weighted by Gasteiger charge is 2.28. The van der Waals surface area contributed by atoms with Crippen molar-refractivity contribution in [3.8, 4) is 0 Å². The number of likely N-dealkylation sites (tertiary alicyclic amines) is 1. The van der Waals surface area contributed by atoms with Crippen molar-refractivity contribution in [2.24, 2.45) is 5.73 Å². The Kier molecular flexibility index (Phi) is 4.17. The SMILES string of the molecule is NC(=S)c1ccc(N2CCC(N3CCCCC3)C2)nc1. The molecule has 20 heavy (non-hydrogen) atoms. The van der Waals surface area contributed by atoms with E-state index in [4.69, 9.17) is 18.0 Å². The second-order valence-corrected chi connectivity index (χ2v) is 6.19. The molecule has 0 spiro atoms. The van der Waals surface area contributed by atoms with Gasteiger partial charge >= 0.3 is 0 Å². The fraction of sp³-hybridized carbons (Fsp3) is 0.600. The van der Waals surface area contributed by atoms with Crippen LogP contribution in [0.5, 0.6) is 0 Å². The molecular formula is C15H22N4S. The molecule has 1 atom stereocenters. The summed E-state index contributed by atoms with van der Waals surface area (Å²) < 4.78 is 0. The van der Waals surface area contributed by atoms with E-state index >= 15 is 0 Å². The van der Waals surface area contributed by atoms with Gasteiger partial charge in [-0.2, -0.15) is 0 Å². The molecule has 5 heteroatoms. The average Bonchev–Trinajstić information content (AvgIpc) is 2.98. The zero-order chi connectivity index (χ0) is 13.9. The predicted molar refractivity (Wildman–Crippen MR) is 86.2 cm³/mol. The standard InChI is InChI=1S/C15H22N4S/c16-15(20)12-4-5-14(17-10-12)19-9-6-13(11-19)18-7-2-1-3-8-18/h4-5,10,13H,1-3,6-9,11H2,(H2,16,20). The molecular weight excluding hydrogens is 268 g/mol. The first-order chi connectivity index (χ1) is 9.74. The first-order valence-corrected chi connectivity index (χ1v) is 7.90. The number of nitrogens with zero attached hydrogens (tertiary/aromatic N) is 3. The molecule has 4 nitrogen and oxygen atoms in total. The fourth-order valence-corrected chi connectivity index (χ4v) is 3.37. The van der Waals surface area contributed by atoms with Gasteiger partial charge in [-0.15, -0.1) is 0 Å². The van der Waals surface area contributed by atoms with Gasteiger partial charge < -0.3 is 10.6 Å². The quantitative estimate of drug-likeness (QED) is 0.860. The highest BCUT2D eigenvalue weighted by atomic mass is 32.1. The number of rotatable bonds is 3. The third kappa shape index (κ3) is 2.94. The van der Waals surface area contributed by atoms with Crippen molar-refractivity contribution in [3.63, 3.8) is 0 Å². The summed E-state index contributed by atoms with van der Waals surface area (Å²) in [5, 5.41) is 0. The van der Waals surface area contributed by atoms with Crippen molar-refractivity contribution in [1.82, 2.24) is 9.88 Å². The fourth-order valence-electron chi connectivity index (χ4n) is 3.25. The lowest BCUT2D eigenvalue weighted by atomic mass is 10.1. The van der Waals surface area contributed by atoms with E-state index in [9.17, 15) is 0 Å². The van der Waals surface area contributed by atoms with E-state index in [1.54, 1.807) is 6.20 Å². The van der Waals surface area contributed by atoms with Gasteiger partial charge in [0.25, 0.3) is 0 Å². The van der Waals surface area contributed by atoms with Gasteiger partial charge in [-0.05, 0) is 44.5 Å². The van der Waals surface area contributed by atoms with Crippen LogP contribution in [0.1, 0.15) is 31.2 Å². The van der Waals surface area contributed by atoms with Crippen molar-refractivity contribution in [3.05, 3.63) is 23.9 Å². The Hall–Kier alpha value is -1.20. The van der Waals surface area contributed by atoms with Gasteiger partial charge in [0.2, 0.25) is 0 Å². The zero-order valence-electron chi connectivity index (χ0n) is 11.8. The van der Waals surface area contributed by atoms with Crippen LogP contribution in [0.4, 0.5) is 5.82 Å². The monoisotopic (exact) mass is 290 g/mol. The Morgan fingerprint density at radius 3 is 2.65 bits per heavy atom. The summed E-state index contributed by atoms with van der Waals surface area (Å²) in [5.74, 6) is 1.05. The van der Waals surface area contributed by atoms with Crippen molar-refractivity contribution in [2.75, 3.05) is 31.1 Å². The van der Waals surface area contributed by atoms with Crippen molar-refractivity contribution < 1.29 is 0 Å². The predicted octanol–water partition coefficient (Wildman–Crippen LogP) is 1.78. The molecule has 2 saturated heterocycles. The van der Waals surface area contributed by atoms with Crippen molar-refractivity contribution in [1.29, 1.82) is 0 Å². The van der Waals surface area contributed by atoms with Crippen LogP contribution in [0.15, 0.2) is 18.3 Å². The van der Waals surface area contributed by atoms with Crippen LogP contribution in [0.2, 0.25) is 0 Å². The molecule has 0 bridgehead atoms. The summed E-state index contributed by atoms with van der Waals surface area (Å²) in [6.45, 7) is 4.73. The summed E-state index contributed by atoms with van der Waals surface area (Å²) in [4.78, 5) is 9.95. The van der Waals surface area contributed by atoms with Gasteiger partial charge in [-0.3, -0.25) is 4.90 Å². The van der Waals surface area contributed by atoms with E-state index in [2.05, 4.69) is 14.8 Å². The number of aromatic nitrogens is 1. The van der Waals surface area contributed by atoms with Crippen molar-refractivity contribution >= 4 is 23.0 Å². The first kappa shape index (κ1) is 13.8. The average molecular weight is 290 g/mol. The van der Waals surface area contributed by atoms with Gasteiger partial charge in [0.05, 0.1) is 0 Å². The number of piperidine rings is 1. The smallest absolute Gasteiger partial charge is 0.128 e. The molecule has 1 unspecified atom stereocenters. The van der Waals surface area contributed by atoms with E-state index in [-0.39, 0.29) is 0 Å². The van der Waals surface area contributed by atoms with Crippen LogP contribution in [-0.4, -0.2) is 47.1 Å². The van der Waals surface area contributed by atoms with Gasteiger partial charge in [-0.25, -0.2) is 4.98 Å². The normalized spacial score (nSPS) is 24.0. The van der Waals surface area contributed by atoms with Gasteiger partial charge in [0.1, 0.15) is 10.8 Å². The van der Waals surface area contributed by atoms with Gasteiger partial charge in [-0.1, -0.05) is 18.6 Å². The maximum absolute atomic E-state index is 5.61. The molecule has 108 valence electrons. The van der Waals surface area contributed by atoms with E-state index < -0.39 is 0 Å². The van der Waals surface area contributed by atoms with E-state index in [1.807, 2.05) is 12.1 Å². The minimum Gasteiger partial charge on any atom is -0.389 e.